The minimum Gasteiger partial charge on any atom is -0.328 e. The lowest BCUT2D eigenvalue weighted by Gasteiger charge is -2.17. The maximum atomic E-state index is 13.1. The number of aryl methyl sites for hydroxylation is 4. The lowest BCUT2D eigenvalue weighted by atomic mass is 9.95. The largest absolute Gasteiger partial charge is 0.328 e. The van der Waals surface area contributed by atoms with Crippen molar-refractivity contribution in [3.8, 4) is 44.8 Å². The Labute approximate surface area is 353 Å². The minimum absolute atomic E-state index is 0.112. The van der Waals surface area contributed by atoms with Crippen LogP contribution in [-0.2, 0) is 25.7 Å². The normalized spacial score (nSPS) is 11.3. The first-order valence-electron chi connectivity index (χ1n) is 18.6. The monoisotopic (exact) mass is 846 g/mol. The van der Waals surface area contributed by atoms with Crippen LogP contribution in [0.3, 0.4) is 0 Å². The number of hydrogen-bond donors (Lipinski definition) is 3. The molecule has 9 nitrogen and oxygen atoms in total. The molecule has 0 amide bonds. The Morgan fingerprint density at radius 3 is 1.66 bits per heavy atom. The fraction of sp³-hybridized carbons (Fsp3) is 0.178. The highest BCUT2D eigenvalue weighted by Gasteiger charge is 2.27. The van der Waals surface area contributed by atoms with Crippen molar-refractivity contribution in [3.05, 3.63) is 172 Å². The molecule has 0 spiro atoms. The Bertz CT molecular complexity index is 2770. The summed E-state index contributed by atoms with van der Waals surface area (Å²) in [6.45, 7) is 5.59. The number of carbonyl (C=O) groups is 1. The second-order valence-corrected chi connectivity index (χ2v) is 18.3. The van der Waals surface area contributed by atoms with Crippen LogP contribution in [0.25, 0.3) is 44.8 Å². The predicted octanol–water partition coefficient (Wildman–Crippen LogP) is 11.0. The van der Waals surface area contributed by atoms with Crippen molar-refractivity contribution in [2.75, 3.05) is 0 Å². The summed E-state index contributed by atoms with van der Waals surface area (Å²) >= 11 is 15.1. The highest BCUT2D eigenvalue weighted by Crippen LogP contribution is 2.28. The van der Waals surface area contributed by atoms with Gasteiger partial charge in [-0.3, -0.25) is 19.5 Å². The Balaban J connectivity index is 0.000000180. The number of rotatable bonds is 10. The highest BCUT2D eigenvalue weighted by atomic mass is 35.5. The zero-order valence-corrected chi connectivity index (χ0v) is 35.2. The quantitative estimate of drug-likeness (QED) is 0.126. The van der Waals surface area contributed by atoms with E-state index >= 15 is 0 Å². The van der Waals surface area contributed by atoms with Crippen molar-refractivity contribution in [2.24, 2.45) is 5.41 Å². The second kappa shape index (κ2) is 17.9. The molecule has 0 aliphatic rings. The molecule has 0 aliphatic carbocycles. The summed E-state index contributed by atoms with van der Waals surface area (Å²) < 4.78 is 3.00. The van der Waals surface area contributed by atoms with Crippen LogP contribution in [0.5, 0.6) is 0 Å². The molecule has 6 aromatic heterocycles. The van der Waals surface area contributed by atoms with Crippen LogP contribution in [0, 0.1) is 5.41 Å². The van der Waals surface area contributed by atoms with Gasteiger partial charge in [-0.1, -0.05) is 105 Å². The standard InChI is InChI=1S/C25H24ClN3O2S.C20H16ClN3OS/c1-25(2,3)24(31)29-18(9-10-19-11-12-22(26)32-19)14-21(28-29)20-13-17(15-27-23(20)30)16-7-5-4-6-8-16;21-19-9-8-16(26-19)7-6-15-11-18(24-23-15)17-10-14(12-22-20(17)25)13-4-2-1-3-5-13/h4-8,11-15H,9-10H2,1-3H3,(H,27,30);1-5,8-12H,6-7H2,(H,22,25)(H,23,24). The molecule has 3 N–H and O–H groups in total. The summed E-state index contributed by atoms with van der Waals surface area (Å²) in [4.78, 5) is 46.0. The van der Waals surface area contributed by atoms with E-state index in [4.69, 9.17) is 23.2 Å². The first-order chi connectivity index (χ1) is 27.9. The Morgan fingerprint density at radius 1 is 0.638 bits per heavy atom. The van der Waals surface area contributed by atoms with E-state index in [1.54, 1.807) is 23.7 Å². The molecule has 0 atom stereocenters. The van der Waals surface area contributed by atoms with Gasteiger partial charge in [0.15, 0.2) is 0 Å². The molecule has 0 radical (unpaired) electrons. The number of benzene rings is 2. The van der Waals surface area contributed by atoms with Crippen molar-refractivity contribution in [2.45, 2.75) is 46.5 Å². The summed E-state index contributed by atoms with van der Waals surface area (Å²) in [6, 6.07) is 35.1. The number of aromatic nitrogens is 6. The summed E-state index contributed by atoms with van der Waals surface area (Å²) in [5.74, 6) is -0.112. The fourth-order valence-corrected chi connectivity index (χ4v) is 8.45. The van der Waals surface area contributed by atoms with Gasteiger partial charge in [0.25, 0.3) is 17.0 Å². The van der Waals surface area contributed by atoms with Crippen molar-refractivity contribution in [1.82, 2.24) is 29.9 Å². The van der Waals surface area contributed by atoms with Gasteiger partial charge in [0.1, 0.15) is 0 Å². The van der Waals surface area contributed by atoms with Gasteiger partial charge in [-0.15, -0.1) is 22.7 Å². The van der Waals surface area contributed by atoms with Crippen LogP contribution in [0.15, 0.2) is 131 Å². The Kier molecular flexibility index (Phi) is 12.5. The van der Waals surface area contributed by atoms with E-state index in [0.29, 0.717) is 28.9 Å². The third-order valence-corrected chi connectivity index (χ3v) is 11.9. The second-order valence-electron chi connectivity index (χ2n) is 14.7. The van der Waals surface area contributed by atoms with Crippen LogP contribution >= 0.6 is 45.9 Å². The van der Waals surface area contributed by atoms with E-state index in [1.165, 1.54) is 20.9 Å². The molecule has 0 aliphatic heterocycles. The van der Waals surface area contributed by atoms with Gasteiger partial charge in [0, 0.05) is 39.0 Å². The molecule has 294 valence electrons. The lowest BCUT2D eigenvalue weighted by molar-refractivity contribution is 0.0745. The molecule has 8 rings (SSSR count). The molecule has 0 bridgehead atoms. The van der Waals surface area contributed by atoms with E-state index in [-0.39, 0.29) is 17.0 Å². The minimum atomic E-state index is -0.609. The molecule has 0 fully saturated rings. The number of hydrogen-bond acceptors (Lipinski definition) is 7. The Hall–Kier alpha value is -5.59. The number of H-pyrrole nitrogens is 3. The molecule has 58 heavy (non-hydrogen) atoms. The molecular weight excluding hydrogens is 808 g/mol. The van der Waals surface area contributed by atoms with Crippen LogP contribution < -0.4 is 11.1 Å². The van der Waals surface area contributed by atoms with E-state index in [9.17, 15) is 14.4 Å². The molecule has 6 heterocycles. The molecule has 0 unspecified atom stereocenters. The topological polar surface area (TPSA) is 129 Å². The van der Waals surface area contributed by atoms with E-state index in [2.05, 4.69) is 25.3 Å². The molecule has 13 heteroatoms. The summed E-state index contributed by atoms with van der Waals surface area (Å²) in [6.07, 6.45) is 6.48. The van der Waals surface area contributed by atoms with Crippen molar-refractivity contribution in [1.29, 1.82) is 0 Å². The number of halogens is 2. The SMILES string of the molecule is CC(C)(C)C(=O)n1nc(-c2cc(-c3ccccc3)c[nH]c2=O)cc1CCc1ccc(Cl)s1.O=c1[nH]cc(-c2ccccc2)cc1-c1cc(CCc2ccc(Cl)s2)[nH]n1. The molecular formula is C45H40Cl2N6O3S2. The van der Waals surface area contributed by atoms with Crippen molar-refractivity contribution < 1.29 is 4.79 Å². The van der Waals surface area contributed by atoms with Gasteiger partial charge in [0.05, 0.1) is 31.2 Å². The average molecular weight is 848 g/mol. The van der Waals surface area contributed by atoms with Gasteiger partial charge in [0.2, 0.25) is 0 Å². The summed E-state index contributed by atoms with van der Waals surface area (Å²) in [5.41, 5.74) is 6.79. The maximum Gasteiger partial charge on any atom is 0.257 e. The average Bonchev–Trinajstić information content (AvgIpc) is 4.05. The molecule has 8 aromatic rings. The van der Waals surface area contributed by atoms with Gasteiger partial charge in [-0.2, -0.15) is 10.2 Å². The lowest BCUT2D eigenvalue weighted by Crippen LogP contribution is -2.29. The first kappa shape index (κ1) is 40.6. The Morgan fingerprint density at radius 2 is 1.16 bits per heavy atom. The third kappa shape index (κ3) is 9.92. The molecule has 0 saturated carbocycles. The predicted molar refractivity (Wildman–Crippen MR) is 237 cm³/mol. The third-order valence-electron chi connectivity index (χ3n) is 9.35. The zero-order valence-electron chi connectivity index (χ0n) is 32.0. The van der Waals surface area contributed by atoms with Crippen molar-refractivity contribution in [3.63, 3.8) is 0 Å². The maximum absolute atomic E-state index is 13.1. The molecule has 2 aromatic carbocycles. The number of aromatic amines is 3. The number of carbonyl (C=O) groups excluding carboxylic acids is 1. The number of pyridine rings is 2. The van der Waals surface area contributed by atoms with Gasteiger partial charge in [-0.25, -0.2) is 4.68 Å². The van der Waals surface area contributed by atoms with E-state index in [0.717, 1.165) is 66.5 Å². The fourth-order valence-electron chi connectivity index (χ4n) is 6.27. The van der Waals surface area contributed by atoms with Gasteiger partial charge in [-0.05, 0) is 96.5 Å². The van der Waals surface area contributed by atoms with Crippen LogP contribution in [-0.4, -0.2) is 35.9 Å². The van der Waals surface area contributed by atoms with Gasteiger partial charge < -0.3 is 9.97 Å². The van der Waals surface area contributed by atoms with E-state index in [1.807, 2.05) is 130 Å². The van der Waals surface area contributed by atoms with Gasteiger partial charge >= 0.3 is 0 Å². The summed E-state index contributed by atoms with van der Waals surface area (Å²) in [5, 5.41) is 12.0. The van der Waals surface area contributed by atoms with E-state index < -0.39 is 5.41 Å². The summed E-state index contributed by atoms with van der Waals surface area (Å²) in [7, 11) is 0. The van der Waals surface area contributed by atoms with Crippen LogP contribution in [0.1, 0.15) is 46.7 Å². The number of thiophene rings is 2. The van der Waals surface area contributed by atoms with Crippen LogP contribution in [0.2, 0.25) is 8.67 Å². The number of nitrogens with one attached hydrogen (secondary N) is 3. The first-order valence-corrected chi connectivity index (χ1v) is 21.0. The smallest absolute Gasteiger partial charge is 0.257 e. The zero-order chi connectivity index (χ0) is 40.8. The molecule has 0 saturated heterocycles. The van der Waals surface area contributed by atoms with Crippen molar-refractivity contribution >= 4 is 51.8 Å². The highest BCUT2D eigenvalue weighted by molar-refractivity contribution is 7.16. The van der Waals surface area contributed by atoms with Crippen LogP contribution in [0.4, 0.5) is 0 Å². The number of nitrogens with zero attached hydrogens (tertiary/aromatic N) is 3.